The standard InChI is InChI=1S/C13H19NO4/c1-9-3-4-12(18-2)10(5-9)6-13(17)14-7-11(16)8-15/h3-5,11,15-16H,6-8H2,1-2H3,(H,14,17). The van der Waals surface area contributed by atoms with Crippen molar-refractivity contribution in [3.8, 4) is 5.75 Å². The van der Waals surface area contributed by atoms with Crippen LogP contribution in [0, 0.1) is 6.92 Å². The minimum atomic E-state index is -0.923. The second kappa shape index (κ2) is 6.98. The number of aliphatic hydroxyl groups is 2. The lowest BCUT2D eigenvalue weighted by Gasteiger charge is -2.11. The van der Waals surface area contributed by atoms with Crippen LogP contribution in [0.4, 0.5) is 0 Å². The molecule has 1 aromatic carbocycles. The molecule has 0 spiro atoms. The van der Waals surface area contributed by atoms with Gasteiger partial charge in [0, 0.05) is 12.1 Å². The number of amides is 1. The van der Waals surface area contributed by atoms with Gasteiger partial charge in [-0.2, -0.15) is 0 Å². The molecule has 0 aliphatic heterocycles. The quantitative estimate of drug-likeness (QED) is 0.667. The van der Waals surface area contributed by atoms with Crippen molar-refractivity contribution in [3.63, 3.8) is 0 Å². The number of carbonyl (C=O) groups excluding carboxylic acids is 1. The maximum Gasteiger partial charge on any atom is 0.224 e. The Kier molecular flexibility index (Phi) is 5.61. The Balaban J connectivity index is 2.61. The maximum absolute atomic E-state index is 11.7. The van der Waals surface area contributed by atoms with Crippen LogP contribution in [-0.4, -0.2) is 42.5 Å². The lowest BCUT2D eigenvalue weighted by Crippen LogP contribution is -2.34. The summed E-state index contributed by atoms with van der Waals surface area (Å²) in [5.74, 6) is 0.449. The Hall–Kier alpha value is -1.59. The molecule has 3 N–H and O–H groups in total. The highest BCUT2D eigenvalue weighted by atomic mass is 16.5. The van der Waals surface area contributed by atoms with Gasteiger partial charge in [-0.15, -0.1) is 0 Å². The van der Waals surface area contributed by atoms with Crippen LogP contribution in [0.3, 0.4) is 0 Å². The van der Waals surface area contributed by atoms with Gasteiger partial charge in [0.15, 0.2) is 0 Å². The van der Waals surface area contributed by atoms with E-state index in [9.17, 15) is 4.79 Å². The van der Waals surface area contributed by atoms with Gasteiger partial charge in [-0.25, -0.2) is 0 Å². The molecule has 100 valence electrons. The monoisotopic (exact) mass is 253 g/mol. The number of benzene rings is 1. The highest BCUT2D eigenvalue weighted by Crippen LogP contribution is 2.19. The zero-order chi connectivity index (χ0) is 13.5. The zero-order valence-corrected chi connectivity index (χ0v) is 10.6. The van der Waals surface area contributed by atoms with E-state index in [2.05, 4.69) is 5.32 Å². The van der Waals surface area contributed by atoms with E-state index in [1.165, 1.54) is 0 Å². The smallest absolute Gasteiger partial charge is 0.224 e. The summed E-state index contributed by atoms with van der Waals surface area (Å²) >= 11 is 0. The Morgan fingerprint density at radius 2 is 2.22 bits per heavy atom. The average Bonchev–Trinajstić information content (AvgIpc) is 2.36. The minimum absolute atomic E-state index is 0.0451. The van der Waals surface area contributed by atoms with E-state index in [1.807, 2.05) is 25.1 Å². The number of carbonyl (C=O) groups is 1. The predicted octanol–water partition coefficient (Wildman–Crippen LogP) is 0.0155. The van der Waals surface area contributed by atoms with Crippen LogP contribution in [0.25, 0.3) is 0 Å². The molecule has 18 heavy (non-hydrogen) atoms. The molecule has 0 fully saturated rings. The summed E-state index contributed by atoms with van der Waals surface area (Å²) in [6, 6.07) is 5.62. The van der Waals surface area contributed by atoms with Crippen LogP contribution in [-0.2, 0) is 11.2 Å². The molecule has 0 aromatic heterocycles. The van der Waals surface area contributed by atoms with Gasteiger partial charge in [-0.05, 0) is 13.0 Å². The largest absolute Gasteiger partial charge is 0.496 e. The Morgan fingerprint density at radius 3 is 2.83 bits per heavy atom. The summed E-state index contributed by atoms with van der Waals surface area (Å²) in [4.78, 5) is 11.7. The average molecular weight is 253 g/mol. The van der Waals surface area contributed by atoms with Crippen molar-refractivity contribution < 1.29 is 19.7 Å². The molecule has 0 bridgehead atoms. The van der Waals surface area contributed by atoms with Crippen LogP contribution in [0.1, 0.15) is 11.1 Å². The molecule has 5 heteroatoms. The molecule has 1 aromatic rings. The third-order valence-corrected chi connectivity index (χ3v) is 2.53. The van der Waals surface area contributed by atoms with Crippen molar-refractivity contribution >= 4 is 5.91 Å². The van der Waals surface area contributed by atoms with Crippen LogP contribution in [0.5, 0.6) is 5.75 Å². The van der Waals surface area contributed by atoms with Crippen molar-refractivity contribution in [1.29, 1.82) is 0 Å². The normalized spacial score (nSPS) is 12.0. The van der Waals surface area contributed by atoms with E-state index in [1.54, 1.807) is 7.11 Å². The van der Waals surface area contributed by atoms with Crippen molar-refractivity contribution in [2.75, 3.05) is 20.3 Å². The van der Waals surface area contributed by atoms with Gasteiger partial charge in [0.1, 0.15) is 5.75 Å². The Morgan fingerprint density at radius 1 is 1.50 bits per heavy atom. The first-order valence-corrected chi connectivity index (χ1v) is 5.76. The van der Waals surface area contributed by atoms with Crippen molar-refractivity contribution in [2.24, 2.45) is 0 Å². The predicted molar refractivity (Wildman–Crippen MR) is 67.5 cm³/mol. The lowest BCUT2D eigenvalue weighted by atomic mass is 10.1. The van der Waals surface area contributed by atoms with Gasteiger partial charge in [-0.1, -0.05) is 17.7 Å². The van der Waals surface area contributed by atoms with Crippen LogP contribution >= 0.6 is 0 Å². The van der Waals surface area contributed by atoms with Gasteiger partial charge in [0.2, 0.25) is 5.91 Å². The minimum Gasteiger partial charge on any atom is -0.496 e. The molecule has 1 amide bonds. The van der Waals surface area contributed by atoms with Crippen LogP contribution in [0.15, 0.2) is 18.2 Å². The SMILES string of the molecule is COc1ccc(C)cc1CC(=O)NCC(O)CO. The summed E-state index contributed by atoms with van der Waals surface area (Å²) < 4.78 is 5.18. The van der Waals surface area contributed by atoms with Gasteiger partial charge in [0.05, 0.1) is 26.2 Å². The second-order valence-corrected chi connectivity index (χ2v) is 4.13. The number of aliphatic hydroxyl groups excluding tert-OH is 2. The van der Waals surface area contributed by atoms with E-state index in [0.717, 1.165) is 11.1 Å². The first kappa shape index (κ1) is 14.5. The van der Waals surface area contributed by atoms with E-state index in [0.29, 0.717) is 5.75 Å². The van der Waals surface area contributed by atoms with Gasteiger partial charge >= 0.3 is 0 Å². The number of methoxy groups -OCH3 is 1. The zero-order valence-electron chi connectivity index (χ0n) is 10.6. The van der Waals surface area contributed by atoms with Gasteiger partial charge < -0.3 is 20.3 Å². The van der Waals surface area contributed by atoms with E-state index >= 15 is 0 Å². The molecule has 0 heterocycles. The third-order valence-electron chi connectivity index (χ3n) is 2.53. The van der Waals surface area contributed by atoms with E-state index in [4.69, 9.17) is 14.9 Å². The summed E-state index contributed by atoms with van der Waals surface area (Å²) in [5, 5.41) is 20.3. The first-order valence-electron chi connectivity index (χ1n) is 5.76. The van der Waals surface area contributed by atoms with Crippen LogP contribution < -0.4 is 10.1 Å². The first-order chi connectivity index (χ1) is 8.56. The van der Waals surface area contributed by atoms with Crippen molar-refractivity contribution in [2.45, 2.75) is 19.4 Å². The fourth-order valence-corrected chi connectivity index (χ4v) is 1.58. The number of hydrogen-bond donors (Lipinski definition) is 3. The molecule has 0 aliphatic carbocycles. The second-order valence-electron chi connectivity index (χ2n) is 4.13. The number of nitrogens with one attached hydrogen (secondary N) is 1. The molecule has 0 saturated heterocycles. The van der Waals surface area contributed by atoms with Crippen molar-refractivity contribution in [3.05, 3.63) is 29.3 Å². The summed E-state index contributed by atoms with van der Waals surface area (Å²) in [6.45, 7) is 1.62. The summed E-state index contributed by atoms with van der Waals surface area (Å²) in [5.41, 5.74) is 1.85. The topological polar surface area (TPSA) is 78.8 Å². The Labute approximate surface area is 106 Å². The molecule has 1 unspecified atom stereocenters. The van der Waals surface area contributed by atoms with E-state index in [-0.39, 0.29) is 25.5 Å². The number of hydrogen-bond acceptors (Lipinski definition) is 4. The van der Waals surface area contributed by atoms with Gasteiger partial charge in [-0.3, -0.25) is 4.79 Å². The molecule has 0 aliphatic rings. The number of ether oxygens (including phenoxy) is 1. The molecule has 0 saturated carbocycles. The highest BCUT2D eigenvalue weighted by molar-refractivity contribution is 5.79. The van der Waals surface area contributed by atoms with Crippen molar-refractivity contribution in [1.82, 2.24) is 5.32 Å². The molecule has 0 radical (unpaired) electrons. The maximum atomic E-state index is 11.7. The Bertz CT molecular complexity index is 406. The van der Waals surface area contributed by atoms with Gasteiger partial charge in [0.25, 0.3) is 0 Å². The summed E-state index contributed by atoms with van der Waals surface area (Å²) in [6.07, 6.45) is -0.739. The number of rotatable bonds is 6. The fraction of sp³-hybridized carbons (Fsp3) is 0.462. The van der Waals surface area contributed by atoms with E-state index < -0.39 is 6.10 Å². The third kappa shape index (κ3) is 4.35. The molecule has 1 atom stereocenters. The number of aryl methyl sites for hydroxylation is 1. The van der Waals surface area contributed by atoms with Crippen LogP contribution in [0.2, 0.25) is 0 Å². The lowest BCUT2D eigenvalue weighted by molar-refractivity contribution is -0.121. The fourth-order valence-electron chi connectivity index (χ4n) is 1.58. The highest BCUT2D eigenvalue weighted by Gasteiger charge is 2.10. The molecule has 1 rings (SSSR count). The molecule has 5 nitrogen and oxygen atoms in total. The molecular weight excluding hydrogens is 234 g/mol. The molecular formula is C13H19NO4. The summed E-state index contributed by atoms with van der Waals surface area (Å²) in [7, 11) is 1.56.